The van der Waals surface area contributed by atoms with E-state index >= 15 is 0 Å². The number of nitrogens with one attached hydrogen (secondary N) is 1. The van der Waals surface area contributed by atoms with Crippen molar-refractivity contribution in [3.63, 3.8) is 0 Å². The van der Waals surface area contributed by atoms with Crippen LogP contribution in [0.15, 0.2) is 30.3 Å². The second-order valence-electron chi connectivity index (χ2n) is 6.66. The molecule has 1 aliphatic heterocycles. The van der Waals surface area contributed by atoms with E-state index in [1.165, 1.54) is 10.7 Å². The van der Waals surface area contributed by atoms with Gasteiger partial charge in [-0.05, 0) is 33.0 Å². The number of likely N-dealkylation sites (N-methyl/N-ethyl adjacent to an activating group) is 1. The Morgan fingerprint density at radius 3 is 2.84 bits per heavy atom. The number of aryl methyl sites for hydroxylation is 1. The number of nitrogens with zero attached hydrogens (tertiary/aromatic N) is 4. The number of rotatable bonds is 4. The summed E-state index contributed by atoms with van der Waals surface area (Å²) in [7, 11) is 2.09. The largest absolute Gasteiger partial charge is 0.309 e. The van der Waals surface area contributed by atoms with Gasteiger partial charge in [-0.3, -0.25) is 9.69 Å². The molecule has 25 heavy (non-hydrogen) atoms. The van der Waals surface area contributed by atoms with Gasteiger partial charge in [0.15, 0.2) is 0 Å². The Kier molecular flexibility index (Phi) is 5.15. The monoisotopic (exact) mass is 345 g/mol. The lowest BCUT2D eigenvalue weighted by molar-refractivity contribution is -0.118. The highest BCUT2D eigenvalue weighted by atomic mass is 19.1. The van der Waals surface area contributed by atoms with Crippen LogP contribution in [0.25, 0.3) is 5.69 Å². The van der Waals surface area contributed by atoms with Gasteiger partial charge in [-0.15, -0.1) is 0 Å². The van der Waals surface area contributed by atoms with E-state index in [0.29, 0.717) is 29.8 Å². The second kappa shape index (κ2) is 7.33. The summed E-state index contributed by atoms with van der Waals surface area (Å²) in [5.74, 6) is -0.0166. The van der Waals surface area contributed by atoms with E-state index in [0.717, 1.165) is 19.6 Å². The van der Waals surface area contributed by atoms with E-state index in [4.69, 9.17) is 0 Å². The molecule has 6 nitrogen and oxygen atoms in total. The van der Waals surface area contributed by atoms with E-state index in [1.54, 1.807) is 24.3 Å². The van der Waals surface area contributed by atoms with Gasteiger partial charge in [0.1, 0.15) is 17.3 Å². The van der Waals surface area contributed by atoms with E-state index in [-0.39, 0.29) is 11.7 Å². The number of piperazine rings is 1. The van der Waals surface area contributed by atoms with Crippen molar-refractivity contribution in [1.29, 1.82) is 0 Å². The first-order valence-electron chi connectivity index (χ1n) is 8.48. The lowest BCUT2D eigenvalue weighted by atomic mass is 10.2. The third kappa shape index (κ3) is 4.05. The lowest BCUT2D eigenvalue weighted by Crippen LogP contribution is -2.52. The minimum absolute atomic E-state index is 0.117. The normalized spacial score (nSPS) is 19.1. The molecule has 2 heterocycles. The maximum absolute atomic E-state index is 14.1. The number of hydrogen-bond donors (Lipinski definition) is 1. The van der Waals surface area contributed by atoms with Gasteiger partial charge in [0.05, 0.1) is 12.2 Å². The summed E-state index contributed by atoms with van der Waals surface area (Å²) in [5.41, 5.74) is 1.03. The highest BCUT2D eigenvalue weighted by Crippen LogP contribution is 2.19. The summed E-state index contributed by atoms with van der Waals surface area (Å²) in [5, 5.41) is 7.18. The fourth-order valence-electron chi connectivity index (χ4n) is 3.17. The molecule has 0 radical (unpaired) electrons. The topological polar surface area (TPSA) is 53.4 Å². The standard InChI is InChI=1S/C18H24FN5O/c1-13-10-17(24(21-13)16-7-5-4-6-15(16)19)20-18(25)12-23-9-8-22(3)11-14(23)2/h4-7,10,14H,8-9,11-12H2,1-3H3,(H,20,25)/t14-/m1/s1. The molecule has 1 N–H and O–H groups in total. The minimum atomic E-state index is -0.381. The fraction of sp³-hybridized carbons (Fsp3) is 0.444. The van der Waals surface area contributed by atoms with Crippen LogP contribution in [0.2, 0.25) is 0 Å². The third-order valence-electron chi connectivity index (χ3n) is 4.49. The molecule has 1 atom stereocenters. The quantitative estimate of drug-likeness (QED) is 0.920. The molecule has 0 unspecified atom stereocenters. The van der Waals surface area contributed by atoms with Gasteiger partial charge in [0.25, 0.3) is 0 Å². The highest BCUT2D eigenvalue weighted by molar-refractivity contribution is 5.91. The number of carbonyl (C=O) groups is 1. The SMILES string of the molecule is Cc1cc(NC(=O)CN2CCN(C)C[C@H]2C)n(-c2ccccc2F)n1. The number of anilines is 1. The first-order valence-corrected chi connectivity index (χ1v) is 8.48. The molecule has 1 aliphatic rings. The molecule has 0 aliphatic carbocycles. The number of amides is 1. The molecule has 1 amide bonds. The molecule has 2 aromatic rings. The van der Waals surface area contributed by atoms with Gasteiger partial charge in [-0.25, -0.2) is 9.07 Å². The van der Waals surface area contributed by atoms with Crippen molar-refractivity contribution in [2.24, 2.45) is 0 Å². The number of benzene rings is 1. The Bertz CT molecular complexity index is 760. The van der Waals surface area contributed by atoms with E-state index < -0.39 is 0 Å². The molecular formula is C18H24FN5O. The van der Waals surface area contributed by atoms with Crippen molar-refractivity contribution in [2.45, 2.75) is 19.9 Å². The van der Waals surface area contributed by atoms with Crippen molar-refractivity contribution in [1.82, 2.24) is 19.6 Å². The number of hydrogen-bond acceptors (Lipinski definition) is 4. The Morgan fingerprint density at radius 1 is 1.36 bits per heavy atom. The van der Waals surface area contributed by atoms with Crippen molar-refractivity contribution in [3.05, 3.63) is 41.8 Å². The van der Waals surface area contributed by atoms with E-state index in [2.05, 4.69) is 34.2 Å². The van der Waals surface area contributed by atoms with Crippen LogP contribution < -0.4 is 5.32 Å². The van der Waals surface area contributed by atoms with Crippen LogP contribution >= 0.6 is 0 Å². The molecule has 0 spiro atoms. The number of carbonyl (C=O) groups excluding carboxylic acids is 1. The average molecular weight is 345 g/mol. The predicted molar refractivity (Wildman–Crippen MR) is 95.4 cm³/mol. The van der Waals surface area contributed by atoms with Crippen molar-refractivity contribution in [2.75, 3.05) is 38.5 Å². The minimum Gasteiger partial charge on any atom is -0.309 e. The van der Waals surface area contributed by atoms with E-state index in [1.807, 2.05) is 6.92 Å². The maximum Gasteiger partial charge on any atom is 0.239 e. The summed E-state index contributed by atoms with van der Waals surface area (Å²) in [6.45, 7) is 7.00. The van der Waals surface area contributed by atoms with Crippen LogP contribution in [-0.2, 0) is 4.79 Å². The molecule has 7 heteroatoms. The molecular weight excluding hydrogens is 321 g/mol. The number of aromatic nitrogens is 2. The van der Waals surface area contributed by atoms with Crippen LogP contribution in [0.1, 0.15) is 12.6 Å². The van der Waals surface area contributed by atoms with Gasteiger partial charge in [0.2, 0.25) is 5.91 Å². The molecule has 134 valence electrons. The van der Waals surface area contributed by atoms with Crippen molar-refractivity contribution in [3.8, 4) is 5.69 Å². The number of halogens is 1. The maximum atomic E-state index is 14.1. The molecule has 1 saturated heterocycles. The third-order valence-corrected chi connectivity index (χ3v) is 4.49. The Balaban J connectivity index is 1.73. The smallest absolute Gasteiger partial charge is 0.239 e. The summed E-state index contributed by atoms with van der Waals surface area (Å²) >= 11 is 0. The summed E-state index contributed by atoms with van der Waals surface area (Å²) in [6, 6.07) is 8.46. The zero-order chi connectivity index (χ0) is 18.0. The average Bonchev–Trinajstić information content (AvgIpc) is 2.91. The Morgan fingerprint density at radius 2 is 2.12 bits per heavy atom. The van der Waals surface area contributed by atoms with Crippen LogP contribution in [0, 0.1) is 12.7 Å². The van der Waals surface area contributed by atoms with Crippen LogP contribution in [0.4, 0.5) is 10.2 Å². The molecule has 0 bridgehead atoms. The van der Waals surface area contributed by atoms with E-state index in [9.17, 15) is 9.18 Å². The predicted octanol–water partition coefficient (Wildman–Crippen LogP) is 1.89. The van der Waals surface area contributed by atoms with Gasteiger partial charge in [0, 0.05) is 31.7 Å². The molecule has 1 aromatic heterocycles. The van der Waals surface area contributed by atoms with Crippen LogP contribution in [0.5, 0.6) is 0 Å². The second-order valence-corrected chi connectivity index (χ2v) is 6.66. The first-order chi connectivity index (χ1) is 11.9. The number of para-hydroxylation sites is 1. The van der Waals surface area contributed by atoms with Gasteiger partial charge in [-0.1, -0.05) is 12.1 Å². The lowest BCUT2D eigenvalue weighted by Gasteiger charge is -2.37. The van der Waals surface area contributed by atoms with Crippen LogP contribution in [-0.4, -0.2) is 64.8 Å². The summed E-state index contributed by atoms with van der Waals surface area (Å²) in [6.07, 6.45) is 0. The molecule has 1 fully saturated rings. The van der Waals surface area contributed by atoms with Gasteiger partial charge < -0.3 is 10.2 Å². The Hall–Kier alpha value is -2.25. The Labute approximate surface area is 147 Å². The highest BCUT2D eigenvalue weighted by Gasteiger charge is 2.24. The zero-order valence-electron chi connectivity index (χ0n) is 14.9. The molecule has 3 rings (SSSR count). The first kappa shape index (κ1) is 17.6. The van der Waals surface area contributed by atoms with Crippen molar-refractivity contribution < 1.29 is 9.18 Å². The summed E-state index contributed by atoms with van der Waals surface area (Å²) in [4.78, 5) is 16.9. The van der Waals surface area contributed by atoms with Gasteiger partial charge >= 0.3 is 0 Å². The van der Waals surface area contributed by atoms with Gasteiger partial charge in [-0.2, -0.15) is 5.10 Å². The molecule has 1 aromatic carbocycles. The van der Waals surface area contributed by atoms with Crippen molar-refractivity contribution >= 4 is 11.7 Å². The van der Waals surface area contributed by atoms with Crippen LogP contribution in [0.3, 0.4) is 0 Å². The molecule has 0 saturated carbocycles. The summed E-state index contributed by atoms with van der Waals surface area (Å²) < 4.78 is 15.5. The fourth-order valence-corrected chi connectivity index (χ4v) is 3.17. The zero-order valence-corrected chi connectivity index (χ0v) is 14.9.